The predicted octanol–water partition coefficient (Wildman–Crippen LogP) is 2.30. The largest absolute Gasteiger partial charge is 0.510 e. The van der Waals surface area contributed by atoms with Gasteiger partial charge >= 0.3 is 5.97 Å². The molecule has 4 atom stereocenters. The number of fused-ring (bicyclic) bond motifs is 1. The topological polar surface area (TPSA) is 182 Å². The summed E-state index contributed by atoms with van der Waals surface area (Å²) in [5.41, 5.74) is 4.99. The maximum absolute atomic E-state index is 13.8. The number of rotatable bonds is 7. The molecule has 0 saturated heterocycles. The van der Waals surface area contributed by atoms with E-state index in [4.69, 9.17) is 5.73 Å². The van der Waals surface area contributed by atoms with Crippen molar-refractivity contribution in [3.8, 4) is 16.9 Å². The number of carboxylic acids is 1. The van der Waals surface area contributed by atoms with Crippen molar-refractivity contribution in [3.63, 3.8) is 0 Å². The Morgan fingerprint density at radius 1 is 1.10 bits per heavy atom. The zero-order valence-corrected chi connectivity index (χ0v) is 24.1. The number of aromatic hydroxyl groups is 1. The first-order valence-corrected chi connectivity index (χ1v) is 13.3. The van der Waals surface area contributed by atoms with Gasteiger partial charge in [0.05, 0.1) is 17.2 Å². The molecule has 0 radical (unpaired) electrons. The fourth-order valence-electron chi connectivity index (χ4n) is 6.19. The summed E-state index contributed by atoms with van der Waals surface area (Å²) >= 11 is 0. The van der Waals surface area contributed by atoms with Crippen molar-refractivity contribution in [3.05, 3.63) is 70.5 Å². The molecule has 11 heteroatoms. The third-order valence-corrected chi connectivity index (χ3v) is 8.44. The van der Waals surface area contributed by atoms with Gasteiger partial charge in [0, 0.05) is 31.3 Å². The minimum atomic E-state index is -2.09. The quantitative estimate of drug-likeness (QED) is 0.242. The van der Waals surface area contributed by atoms with Crippen molar-refractivity contribution in [1.29, 1.82) is 0 Å². The number of benzene rings is 2. The van der Waals surface area contributed by atoms with Crippen LogP contribution in [0.2, 0.25) is 0 Å². The molecule has 11 nitrogen and oxygen atoms in total. The van der Waals surface area contributed by atoms with Crippen molar-refractivity contribution in [2.24, 2.45) is 17.6 Å². The number of phenolic OH excluding ortho intramolecular Hbond substituents is 1. The monoisotopic (exact) mass is 577 g/mol. The second kappa shape index (κ2) is 10.7. The van der Waals surface area contributed by atoms with Crippen LogP contribution in [0.25, 0.3) is 11.1 Å². The standard InChI is InChI=1S/C31H35N3O8/c1-14-17(12-20-24(34(5)6)27(37)23(29(32)39)28(38)31(20,2)42)11-19-21(33(3)4)13-18(26(36)22(19)25(14)35)15-7-9-16(10-8-15)30(40)41/h7-10,13,17,20,24,36-37,42H,1,11-12H2,2-6H3,(H2,32,39)(H,40,41)/t17-,20-,24-,31+/m0/s1. The van der Waals surface area contributed by atoms with Gasteiger partial charge in [0.25, 0.3) is 5.91 Å². The Hall–Kier alpha value is -4.48. The summed E-state index contributed by atoms with van der Waals surface area (Å²) in [6.07, 6.45) is 0.279. The van der Waals surface area contributed by atoms with E-state index in [0.29, 0.717) is 22.4 Å². The number of ketones is 2. The summed E-state index contributed by atoms with van der Waals surface area (Å²) in [5, 5.41) is 42.9. The molecule has 0 fully saturated rings. The lowest BCUT2D eigenvalue weighted by atomic mass is 9.65. The average Bonchev–Trinajstić information content (AvgIpc) is 2.89. The van der Waals surface area contributed by atoms with Crippen molar-refractivity contribution >= 4 is 29.1 Å². The van der Waals surface area contributed by atoms with Crippen molar-refractivity contribution in [2.45, 2.75) is 31.4 Å². The molecule has 0 aliphatic heterocycles. The number of Topliss-reactive ketones (excluding diaryl/α,β-unsaturated/α-hetero) is 2. The van der Waals surface area contributed by atoms with E-state index in [2.05, 4.69) is 6.58 Å². The van der Waals surface area contributed by atoms with Crippen LogP contribution in [-0.4, -0.2) is 88.6 Å². The molecule has 0 bridgehead atoms. The molecule has 2 aromatic rings. The minimum absolute atomic E-state index is 0.0493. The van der Waals surface area contributed by atoms with E-state index < -0.39 is 58.3 Å². The van der Waals surface area contributed by atoms with Gasteiger partial charge < -0.3 is 31.1 Å². The number of hydrogen-bond donors (Lipinski definition) is 5. The van der Waals surface area contributed by atoms with E-state index in [0.717, 1.165) is 0 Å². The van der Waals surface area contributed by atoms with E-state index in [-0.39, 0.29) is 35.3 Å². The molecule has 0 spiro atoms. The maximum atomic E-state index is 13.8. The van der Waals surface area contributed by atoms with Gasteiger partial charge in [0.2, 0.25) is 5.78 Å². The van der Waals surface area contributed by atoms with E-state index >= 15 is 0 Å². The zero-order chi connectivity index (χ0) is 31.4. The molecule has 0 unspecified atom stereocenters. The van der Waals surface area contributed by atoms with Gasteiger partial charge in [0.1, 0.15) is 22.7 Å². The molecule has 0 heterocycles. The van der Waals surface area contributed by atoms with Crippen LogP contribution in [0.15, 0.2) is 53.8 Å². The number of carbonyl (C=O) groups excluding carboxylic acids is 3. The van der Waals surface area contributed by atoms with Crippen molar-refractivity contribution < 1.29 is 39.6 Å². The van der Waals surface area contributed by atoms with E-state index in [1.54, 1.807) is 56.2 Å². The summed E-state index contributed by atoms with van der Waals surface area (Å²) in [4.78, 5) is 53.6. The summed E-state index contributed by atoms with van der Waals surface area (Å²) in [6, 6.07) is 6.70. The number of hydrogen-bond acceptors (Lipinski definition) is 9. The summed E-state index contributed by atoms with van der Waals surface area (Å²) in [7, 11) is 6.82. The molecule has 2 aliphatic rings. The Balaban J connectivity index is 1.81. The molecule has 6 N–H and O–H groups in total. The first-order valence-electron chi connectivity index (χ1n) is 13.3. The maximum Gasteiger partial charge on any atom is 0.335 e. The number of carbonyl (C=O) groups is 4. The molecular weight excluding hydrogens is 542 g/mol. The number of nitrogens with zero attached hydrogens (tertiary/aromatic N) is 2. The van der Waals surface area contributed by atoms with Crippen LogP contribution in [0.1, 0.15) is 39.6 Å². The first kappa shape index (κ1) is 30.5. The van der Waals surface area contributed by atoms with Gasteiger partial charge in [-0.2, -0.15) is 0 Å². The average molecular weight is 578 g/mol. The van der Waals surface area contributed by atoms with Crippen LogP contribution in [0.3, 0.4) is 0 Å². The summed E-state index contributed by atoms with van der Waals surface area (Å²) in [5.74, 6) is -6.06. The van der Waals surface area contributed by atoms with Gasteiger partial charge in [0.15, 0.2) is 5.78 Å². The Bertz CT molecular complexity index is 1550. The lowest BCUT2D eigenvalue weighted by molar-refractivity contribution is -0.145. The number of primary amides is 1. The number of anilines is 1. The van der Waals surface area contributed by atoms with Crippen LogP contribution in [-0.2, 0) is 16.0 Å². The Labute approximate surface area is 243 Å². The fourth-order valence-corrected chi connectivity index (χ4v) is 6.19. The number of amides is 1. The molecule has 42 heavy (non-hydrogen) atoms. The second-order valence-corrected chi connectivity index (χ2v) is 11.5. The minimum Gasteiger partial charge on any atom is -0.510 e. The number of carboxylic acid groups (broad SMARTS) is 1. The number of aliphatic hydroxyl groups excluding tert-OH is 1. The first-order chi connectivity index (χ1) is 19.5. The zero-order valence-electron chi connectivity index (χ0n) is 24.1. The number of likely N-dealkylation sites (N-methyl/N-ethyl adjacent to an activating group) is 1. The van der Waals surface area contributed by atoms with Crippen LogP contribution in [0.4, 0.5) is 5.69 Å². The number of aliphatic hydroxyl groups is 2. The van der Waals surface area contributed by atoms with Crippen LogP contribution < -0.4 is 10.6 Å². The number of nitrogens with two attached hydrogens (primary N) is 1. The summed E-state index contributed by atoms with van der Waals surface area (Å²) in [6.45, 7) is 5.29. The normalized spacial score (nSPS) is 24.2. The third kappa shape index (κ3) is 4.84. The van der Waals surface area contributed by atoms with Gasteiger partial charge in [-0.25, -0.2) is 4.79 Å². The molecule has 4 rings (SSSR count). The van der Waals surface area contributed by atoms with Gasteiger partial charge in [-0.3, -0.25) is 19.3 Å². The predicted molar refractivity (Wildman–Crippen MR) is 156 cm³/mol. The summed E-state index contributed by atoms with van der Waals surface area (Å²) < 4.78 is 0. The number of phenols is 1. The SMILES string of the molecule is C=C1C(=O)c2c(O)c(-c3ccc(C(=O)O)cc3)cc(N(C)C)c2C[C@H]1C[C@H]1[C@H](N(C)C)C(O)=C(C(N)=O)C(=O)[C@]1(C)O. The Kier molecular flexibility index (Phi) is 7.79. The molecule has 0 saturated carbocycles. The second-order valence-electron chi connectivity index (χ2n) is 11.5. The van der Waals surface area contributed by atoms with Crippen LogP contribution >= 0.6 is 0 Å². The highest BCUT2D eigenvalue weighted by atomic mass is 16.4. The van der Waals surface area contributed by atoms with E-state index in [9.17, 15) is 39.6 Å². The number of allylic oxidation sites excluding steroid dienone is 1. The lowest BCUT2D eigenvalue weighted by Crippen LogP contribution is -2.59. The molecule has 2 aromatic carbocycles. The highest BCUT2D eigenvalue weighted by Crippen LogP contribution is 2.48. The lowest BCUT2D eigenvalue weighted by Gasteiger charge is -2.45. The Morgan fingerprint density at radius 3 is 2.19 bits per heavy atom. The van der Waals surface area contributed by atoms with E-state index in [1.807, 2.05) is 0 Å². The highest BCUT2D eigenvalue weighted by molar-refractivity contribution is 6.23. The molecule has 1 amide bonds. The number of aromatic carboxylic acids is 1. The molecule has 0 aromatic heterocycles. The molecular formula is C31H35N3O8. The Morgan fingerprint density at radius 2 is 1.69 bits per heavy atom. The van der Waals surface area contributed by atoms with Gasteiger partial charge in [-0.15, -0.1) is 0 Å². The van der Waals surface area contributed by atoms with Crippen LogP contribution in [0, 0.1) is 11.8 Å². The smallest absolute Gasteiger partial charge is 0.335 e. The van der Waals surface area contributed by atoms with E-state index in [1.165, 1.54) is 19.1 Å². The fraction of sp³-hybridized carbons (Fsp3) is 0.355. The van der Waals surface area contributed by atoms with Crippen LogP contribution in [0.5, 0.6) is 5.75 Å². The molecule has 222 valence electrons. The molecule has 2 aliphatic carbocycles. The van der Waals surface area contributed by atoms with Gasteiger partial charge in [-0.05, 0) is 74.7 Å². The highest BCUT2D eigenvalue weighted by Gasteiger charge is 2.54. The third-order valence-electron chi connectivity index (χ3n) is 8.44. The van der Waals surface area contributed by atoms with Crippen molar-refractivity contribution in [2.75, 3.05) is 33.1 Å². The van der Waals surface area contributed by atoms with Gasteiger partial charge in [-0.1, -0.05) is 18.7 Å². The van der Waals surface area contributed by atoms with Crippen molar-refractivity contribution in [1.82, 2.24) is 4.90 Å².